The van der Waals surface area contributed by atoms with Gasteiger partial charge in [-0.2, -0.15) is 0 Å². The van der Waals surface area contributed by atoms with E-state index in [1.807, 2.05) is 41.3 Å². The zero-order valence-corrected chi connectivity index (χ0v) is 14.9. The second kappa shape index (κ2) is 7.12. The molecular formula is C21H23N3O2. The molecule has 26 heavy (non-hydrogen) atoms. The summed E-state index contributed by atoms with van der Waals surface area (Å²) in [6, 6.07) is 15.7. The number of aromatic nitrogens is 1. The number of nitrogens with one attached hydrogen (secondary N) is 2. The van der Waals surface area contributed by atoms with Crippen LogP contribution in [-0.4, -0.2) is 36.1 Å². The molecule has 0 saturated carbocycles. The molecule has 0 bridgehead atoms. The molecule has 2 amide bonds. The predicted molar refractivity (Wildman–Crippen MR) is 104 cm³/mol. The van der Waals surface area contributed by atoms with Crippen LogP contribution in [0.5, 0.6) is 5.75 Å². The van der Waals surface area contributed by atoms with Gasteiger partial charge in [0.15, 0.2) is 0 Å². The minimum absolute atomic E-state index is 0.0183. The van der Waals surface area contributed by atoms with Gasteiger partial charge in [-0.3, -0.25) is 0 Å². The molecule has 2 heterocycles. The standard InChI is InChI=1S/C21H23N3O2/c1-26-17-7-8-20-18(13-17)19(14-22-20)15-9-11-24(12-10-15)21(25)23-16-5-3-2-4-6-16/h2-8,13-15,22H,9-12H2,1H3,(H,23,25). The SMILES string of the molecule is COc1ccc2[nH]cc(C3CCN(C(=O)Nc4ccccc4)CC3)c2c1. The molecule has 1 saturated heterocycles. The molecule has 4 rings (SSSR count). The largest absolute Gasteiger partial charge is 0.497 e. The number of anilines is 1. The van der Waals surface area contributed by atoms with Crippen molar-refractivity contribution in [2.75, 3.05) is 25.5 Å². The van der Waals surface area contributed by atoms with Crippen LogP contribution in [0.4, 0.5) is 10.5 Å². The van der Waals surface area contributed by atoms with E-state index in [-0.39, 0.29) is 6.03 Å². The summed E-state index contributed by atoms with van der Waals surface area (Å²) in [5, 5.41) is 4.19. The van der Waals surface area contributed by atoms with Gasteiger partial charge in [-0.1, -0.05) is 18.2 Å². The molecule has 0 aliphatic carbocycles. The van der Waals surface area contributed by atoms with Crippen LogP contribution in [0.25, 0.3) is 10.9 Å². The number of carbonyl (C=O) groups is 1. The van der Waals surface area contributed by atoms with Crippen molar-refractivity contribution < 1.29 is 9.53 Å². The van der Waals surface area contributed by atoms with Gasteiger partial charge in [-0.15, -0.1) is 0 Å². The number of amides is 2. The third-order valence-electron chi connectivity index (χ3n) is 5.17. The fraction of sp³-hybridized carbons (Fsp3) is 0.286. The van der Waals surface area contributed by atoms with E-state index >= 15 is 0 Å². The highest BCUT2D eigenvalue weighted by Crippen LogP contribution is 2.34. The summed E-state index contributed by atoms with van der Waals surface area (Å²) in [6.45, 7) is 1.53. The van der Waals surface area contributed by atoms with Crippen molar-refractivity contribution in [1.82, 2.24) is 9.88 Å². The van der Waals surface area contributed by atoms with Gasteiger partial charge in [0.25, 0.3) is 0 Å². The average Bonchev–Trinajstić information content (AvgIpc) is 3.12. The van der Waals surface area contributed by atoms with Crippen LogP contribution in [0.2, 0.25) is 0 Å². The number of fused-ring (bicyclic) bond motifs is 1. The second-order valence-electron chi connectivity index (χ2n) is 6.71. The van der Waals surface area contributed by atoms with Gasteiger partial charge in [0, 0.05) is 35.9 Å². The summed E-state index contributed by atoms with van der Waals surface area (Å²) in [7, 11) is 1.69. The Morgan fingerprint density at radius 1 is 1.15 bits per heavy atom. The highest BCUT2D eigenvalue weighted by atomic mass is 16.5. The zero-order chi connectivity index (χ0) is 17.9. The monoisotopic (exact) mass is 349 g/mol. The average molecular weight is 349 g/mol. The van der Waals surface area contributed by atoms with E-state index in [9.17, 15) is 4.79 Å². The molecule has 1 aliphatic heterocycles. The minimum Gasteiger partial charge on any atom is -0.497 e. The number of piperidine rings is 1. The van der Waals surface area contributed by atoms with Crippen molar-refractivity contribution in [2.45, 2.75) is 18.8 Å². The number of carbonyl (C=O) groups excluding carboxylic acids is 1. The molecule has 5 heteroatoms. The van der Waals surface area contributed by atoms with Crippen molar-refractivity contribution in [3.05, 3.63) is 60.3 Å². The maximum atomic E-state index is 12.4. The lowest BCUT2D eigenvalue weighted by atomic mass is 9.89. The first-order valence-electron chi connectivity index (χ1n) is 9.00. The number of para-hydroxylation sites is 1. The van der Waals surface area contributed by atoms with E-state index in [1.165, 1.54) is 10.9 Å². The van der Waals surface area contributed by atoms with E-state index < -0.39 is 0 Å². The first kappa shape index (κ1) is 16.5. The number of urea groups is 1. The number of rotatable bonds is 3. The zero-order valence-electron chi connectivity index (χ0n) is 14.9. The molecule has 0 atom stereocenters. The van der Waals surface area contributed by atoms with E-state index in [2.05, 4.69) is 28.6 Å². The van der Waals surface area contributed by atoms with Crippen LogP contribution in [0.1, 0.15) is 24.3 Å². The van der Waals surface area contributed by atoms with Crippen molar-refractivity contribution in [2.24, 2.45) is 0 Å². The Hall–Kier alpha value is -2.95. The Morgan fingerprint density at radius 3 is 2.65 bits per heavy atom. The Morgan fingerprint density at radius 2 is 1.92 bits per heavy atom. The number of nitrogens with zero attached hydrogens (tertiary/aromatic N) is 1. The summed E-state index contributed by atoms with van der Waals surface area (Å²) in [5.41, 5.74) is 3.29. The lowest BCUT2D eigenvalue weighted by Gasteiger charge is -2.32. The van der Waals surface area contributed by atoms with Gasteiger partial charge in [0.05, 0.1) is 7.11 Å². The van der Waals surface area contributed by atoms with E-state index in [1.54, 1.807) is 7.11 Å². The summed E-state index contributed by atoms with van der Waals surface area (Å²) >= 11 is 0. The molecule has 1 aliphatic rings. The number of hydrogen-bond donors (Lipinski definition) is 2. The van der Waals surface area contributed by atoms with Crippen molar-refractivity contribution in [3.63, 3.8) is 0 Å². The maximum Gasteiger partial charge on any atom is 0.321 e. The van der Waals surface area contributed by atoms with Crippen LogP contribution < -0.4 is 10.1 Å². The molecule has 0 radical (unpaired) electrons. The lowest BCUT2D eigenvalue weighted by molar-refractivity contribution is 0.195. The van der Waals surface area contributed by atoms with Gasteiger partial charge < -0.3 is 19.9 Å². The van der Waals surface area contributed by atoms with Gasteiger partial charge in [-0.25, -0.2) is 4.79 Å². The second-order valence-corrected chi connectivity index (χ2v) is 6.71. The molecule has 3 aromatic rings. The number of methoxy groups -OCH3 is 1. The first-order chi connectivity index (χ1) is 12.7. The summed E-state index contributed by atoms with van der Waals surface area (Å²) in [4.78, 5) is 17.7. The Balaban J connectivity index is 1.43. The number of likely N-dealkylation sites (tertiary alicyclic amines) is 1. The molecule has 1 fully saturated rings. The molecular weight excluding hydrogens is 326 g/mol. The topological polar surface area (TPSA) is 57.4 Å². The first-order valence-corrected chi connectivity index (χ1v) is 9.00. The van der Waals surface area contributed by atoms with E-state index in [0.717, 1.165) is 42.9 Å². The third-order valence-corrected chi connectivity index (χ3v) is 5.17. The number of H-pyrrole nitrogens is 1. The number of ether oxygens (including phenoxy) is 1. The number of benzene rings is 2. The van der Waals surface area contributed by atoms with Gasteiger partial charge in [-0.05, 0) is 54.7 Å². The smallest absolute Gasteiger partial charge is 0.321 e. The summed E-state index contributed by atoms with van der Waals surface area (Å²) in [6.07, 6.45) is 4.03. The lowest BCUT2D eigenvalue weighted by Crippen LogP contribution is -2.40. The third kappa shape index (κ3) is 3.25. The van der Waals surface area contributed by atoms with Crippen molar-refractivity contribution >= 4 is 22.6 Å². The van der Waals surface area contributed by atoms with Gasteiger partial charge in [0.1, 0.15) is 5.75 Å². The normalized spacial score (nSPS) is 15.2. The predicted octanol–water partition coefficient (Wildman–Crippen LogP) is 4.59. The van der Waals surface area contributed by atoms with Crippen molar-refractivity contribution in [1.29, 1.82) is 0 Å². The summed E-state index contributed by atoms with van der Waals surface area (Å²) < 4.78 is 5.36. The number of hydrogen-bond acceptors (Lipinski definition) is 2. The fourth-order valence-electron chi connectivity index (χ4n) is 3.70. The molecule has 2 aromatic carbocycles. The minimum atomic E-state index is -0.0183. The fourth-order valence-corrected chi connectivity index (χ4v) is 3.70. The Kier molecular flexibility index (Phi) is 4.52. The quantitative estimate of drug-likeness (QED) is 0.727. The maximum absolute atomic E-state index is 12.4. The molecule has 2 N–H and O–H groups in total. The van der Waals surface area contributed by atoms with Crippen LogP contribution in [0.3, 0.4) is 0 Å². The number of aromatic amines is 1. The Labute approximate surface area is 153 Å². The van der Waals surface area contributed by atoms with Crippen molar-refractivity contribution in [3.8, 4) is 5.75 Å². The molecule has 5 nitrogen and oxygen atoms in total. The Bertz CT molecular complexity index is 896. The van der Waals surface area contributed by atoms with Crippen LogP contribution in [-0.2, 0) is 0 Å². The highest BCUT2D eigenvalue weighted by molar-refractivity contribution is 5.89. The molecule has 0 spiro atoms. The van der Waals surface area contributed by atoms with Gasteiger partial charge in [0.2, 0.25) is 0 Å². The van der Waals surface area contributed by atoms with Crippen LogP contribution in [0, 0.1) is 0 Å². The van der Waals surface area contributed by atoms with Crippen LogP contribution >= 0.6 is 0 Å². The molecule has 134 valence electrons. The van der Waals surface area contributed by atoms with Crippen LogP contribution in [0.15, 0.2) is 54.7 Å². The van der Waals surface area contributed by atoms with E-state index in [4.69, 9.17) is 4.74 Å². The van der Waals surface area contributed by atoms with E-state index in [0.29, 0.717) is 5.92 Å². The molecule has 0 unspecified atom stereocenters. The van der Waals surface area contributed by atoms with Gasteiger partial charge >= 0.3 is 6.03 Å². The molecule has 1 aromatic heterocycles. The summed E-state index contributed by atoms with van der Waals surface area (Å²) in [5.74, 6) is 1.33. The highest BCUT2D eigenvalue weighted by Gasteiger charge is 2.25.